The van der Waals surface area contributed by atoms with Crippen LogP contribution >= 0.6 is 12.4 Å². The van der Waals surface area contributed by atoms with Crippen molar-refractivity contribution in [3.05, 3.63) is 35.9 Å². The van der Waals surface area contributed by atoms with Crippen LogP contribution in [0.3, 0.4) is 0 Å². The van der Waals surface area contributed by atoms with Crippen LogP contribution in [0, 0.1) is 5.92 Å². The molecule has 1 aromatic carbocycles. The standard InChI is InChI=1S/C17H26N2O.ClH/c1-13(2)17(14-8-5-4-6-9-14)19(3)16(20)12-15-10-7-11-18-15;/h4-6,8-9,13,15,17-18H,7,10-12H2,1-3H3;1H. The lowest BCUT2D eigenvalue weighted by Crippen LogP contribution is -2.37. The van der Waals surface area contributed by atoms with Gasteiger partial charge < -0.3 is 10.2 Å². The Bertz CT molecular complexity index is 430. The van der Waals surface area contributed by atoms with Gasteiger partial charge in [-0.05, 0) is 30.9 Å². The number of carbonyl (C=O) groups is 1. The van der Waals surface area contributed by atoms with Crippen molar-refractivity contribution < 1.29 is 4.79 Å². The number of halogens is 1. The van der Waals surface area contributed by atoms with Gasteiger partial charge in [0.2, 0.25) is 5.91 Å². The average Bonchev–Trinajstić information content (AvgIpc) is 2.92. The van der Waals surface area contributed by atoms with Gasteiger partial charge in [-0.1, -0.05) is 44.2 Å². The van der Waals surface area contributed by atoms with E-state index in [0.29, 0.717) is 18.4 Å². The second-order valence-corrected chi connectivity index (χ2v) is 6.10. The largest absolute Gasteiger partial charge is 0.338 e. The summed E-state index contributed by atoms with van der Waals surface area (Å²) in [7, 11) is 1.94. The first-order valence-corrected chi connectivity index (χ1v) is 7.63. The van der Waals surface area contributed by atoms with Crippen molar-refractivity contribution >= 4 is 18.3 Å². The van der Waals surface area contributed by atoms with Crippen LogP contribution in [0.25, 0.3) is 0 Å². The van der Waals surface area contributed by atoms with E-state index >= 15 is 0 Å². The van der Waals surface area contributed by atoms with Gasteiger partial charge in [-0.25, -0.2) is 0 Å². The summed E-state index contributed by atoms with van der Waals surface area (Å²) in [5.41, 5.74) is 1.22. The van der Waals surface area contributed by atoms with Gasteiger partial charge in [0, 0.05) is 19.5 Å². The van der Waals surface area contributed by atoms with Crippen molar-refractivity contribution in [1.29, 1.82) is 0 Å². The Labute approximate surface area is 134 Å². The molecule has 1 amide bonds. The number of hydrogen-bond donors (Lipinski definition) is 1. The number of carbonyl (C=O) groups excluding carboxylic acids is 1. The topological polar surface area (TPSA) is 32.3 Å². The van der Waals surface area contributed by atoms with E-state index in [9.17, 15) is 4.79 Å². The van der Waals surface area contributed by atoms with Crippen molar-refractivity contribution in [3.8, 4) is 0 Å². The fourth-order valence-electron chi connectivity index (χ4n) is 3.15. The van der Waals surface area contributed by atoms with Gasteiger partial charge in [0.25, 0.3) is 0 Å². The number of nitrogens with one attached hydrogen (secondary N) is 1. The molecule has 1 saturated heterocycles. The van der Waals surface area contributed by atoms with E-state index in [0.717, 1.165) is 13.0 Å². The molecule has 0 aromatic heterocycles. The number of benzene rings is 1. The zero-order chi connectivity index (χ0) is 14.5. The van der Waals surface area contributed by atoms with Gasteiger partial charge in [0.05, 0.1) is 6.04 Å². The normalized spacial score (nSPS) is 19.1. The van der Waals surface area contributed by atoms with Gasteiger partial charge in [0.1, 0.15) is 0 Å². The predicted molar refractivity (Wildman–Crippen MR) is 89.7 cm³/mol. The van der Waals surface area contributed by atoms with Crippen molar-refractivity contribution in [2.75, 3.05) is 13.6 Å². The van der Waals surface area contributed by atoms with Crippen LogP contribution in [0.2, 0.25) is 0 Å². The Hall–Kier alpha value is -1.06. The lowest BCUT2D eigenvalue weighted by molar-refractivity contribution is -0.133. The van der Waals surface area contributed by atoms with E-state index in [4.69, 9.17) is 0 Å². The fourth-order valence-corrected chi connectivity index (χ4v) is 3.15. The molecular formula is C17H27ClN2O. The monoisotopic (exact) mass is 310 g/mol. The lowest BCUT2D eigenvalue weighted by atomic mass is 9.94. The molecule has 4 heteroatoms. The quantitative estimate of drug-likeness (QED) is 0.904. The van der Waals surface area contributed by atoms with Gasteiger partial charge in [-0.2, -0.15) is 0 Å². The molecule has 0 spiro atoms. The van der Waals surface area contributed by atoms with E-state index in [1.165, 1.54) is 12.0 Å². The Morgan fingerprint density at radius 3 is 2.52 bits per heavy atom. The fraction of sp³-hybridized carbons (Fsp3) is 0.588. The number of rotatable bonds is 5. The molecule has 0 aliphatic carbocycles. The van der Waals surface area contributed by atoms with Gasteiger partial charge in [-0.3, -0.25) is 4.79 Å². The second-order valence-electron chi connectivity index (χ2n) is 6.10. The molecule has 2 atom stereocenters. The molecule has 1 aromatic rings. The summed E-state index contributed by atoms with van der Waals surface area (Å²) in [6.45, 7) is 5.40. The summed E-state index contributed by atoms with van der Waals surface area (Å²) < 4.78 is 0. The third-order valence-electron chi connectivity index (χ3n) is 4.17. The van der Waals surface area contributed by atoms with Crippen LogP contribution < -0.4 is 5.32 Å². The molecule has 2 rings (SSSR count). The van der Waals surface area contributed by atoms with Crippen molar-refractivity contribution in [3.63, 3.8) is 0 Å². The number of amides is 1. The van der Waals surface area contributed by atoms with E-state index in [2.05, 4.69) is 31.3 Å². The molecule has 0 radical (unpaired) electrons. The maximum atomic E-state index is 12.5. The van der Waals surface area contributed by atoms with Gasteiger partial charge in [-0.15, -0.1) is 12.4 Å². The lowest BCUT2D eigenvalue weighted by Gasteiger charge is -2.32. The van der Waals surface area contributed by atoms with Crippen molar-refractivity contribution in [2.24, 2.45) is 5.92 Å². The zero-order valence-corrected chi connectivity index (χ0v) is 14.0. The molecule has 0 bridgehead atoms. The Morgan fingerprint density at radius 2 is 2.00 bits per heavy atom. The van der Waals surface area contributed by atoms with Crippen LogP contribution in [0.5, 0.6) is 0 Å². The van der Waals surface area contributed by atoms with E-state index < -0.39 is 0 Å². The van der Waals surface area contributed by atoms with Crippen LogP contribution in [0.15, 0.2) is 30.3 Å². The highest BCUT2D eigenvalue weighted by atomic mass is 35.5. The summed E-state index contributed by atoms with van der Waals surface area (Å²) >= 11 is 0. The zero-order valence-electron chi connectivity index (χ0n) is 13.2. The first-order valence-electron chi connectivity index (χ1n) is 7.63. The molecule has 1 aliphatic heterocycles. The van der Waals surface area contributed by atoms with E-state index in [1.807, 2.05) is 30.1 Å². The molecule has 1 aliphatic rings. The molecular weight excluding hydrogens is 284 g/mol. The molecule has 2 unspecified atom stereocenters. The van der Waals surface area contributed by atoms with E-state index in [-0.39, 0.29) is 24.4 Å². The molecule has 118 valence electrons. The average molecular weight is 311 g/mol. The summed E-state index contributed by atoms with van der Waals surface area (Å²) in [4.78, 5) is 14.4. The SMILES string of the molecule is CC(C)C(c1ccccc1)N(C)C(=O)CC1CCCN1.Cl. The van der Waals surface area contributed by atoms with Crippen LogP contribution in [-0.4, -0.2) is 30.4 Å². The molecule has 0 saturated carbocycles. The minimum Gasteiger partial charge on any atom is -0.338 e. The summed E-state index contributed by atoms with van der Waals surface area (Å²) in [5.74, 6) is 0.648. The van der Waals surface area contributed by atoms with Crippen LogP contribution in [0.1, 0.15) is 44.7 Å². The maximum absolute atomic E-state index is 12.5. The first-order chi connectivity index (χ1) is 9.59. The highest BCUT2D eigenvalue weighted by Crippen LogP contribution is 2.28. The predicted octanol–water partition coefficient (Wildman–Crippen LogP) is 3.41. The molecule has 1 N–H and O–H groups in total. The summed E-state index contributed by atoms with van der Waals surface area (Å²) in [6, 6.07) is 10.9. The third kappa shape index (κ3) is 4.72. The van der Waals surface area contributed by atoms with Crippen molar-refractivity contribution in [2.45, 2.75) is 45.2 Å². The first kappa shape index (κ1) is 18.0. The minimum absolute atomic E-state index is 0. The highest BCUT2D eigenvalue weighted by molar-refractivity contribution is 5.85. The summed E-state index contributed by atoms with van der Waals surface area (Å²) in [5, 5.41) is 3.40. The Kier molecular flexibility index (Phi) is 7.20. The molecule has 21 heavy (non-hydrogen) atoms. The number of nitrogens with zero attached hydrogens (tertiary/aromatic N) is 1. The van der Waals surface area contributed by atoms with Crippen LogP contribution in [0.4, 0.5) is 0 Å². The third-order valence-corrected chi connectivity index (χ3v) is 4.17. The highest BCUT2D eigenvalue weighted by Gasteiger charge is 2.27. The number of hydrogen-bond acceptors (Lipinski definition) is 2. The van der Waals surface area contributed by atoms with Gasteiger partial charge in [0.15, 0.2) is 0 Å². The van der Waals surface area contributed by atoms with Crippen LogP contribution in [-0.2, 0) is 4.79 Å². The van der Waals surface area contributed by atoms with E-state index in [1.54, 1.807) is 0 Å². The Balaban J connectivity index is 0.00000220. The van der Waals surface area contributed by atoms with Crippen molar-refractivity contribution in [1.82, 2.24) is 10.2 Å². The summed E-state index contributed by atoms with van der Waals surface area (Å²) in [6.07, 6.45) is 2.93. The minimum atomic E-state index is 0. The molecule has 1 heterocycles. The maximum Gasteiger partial charge on any atom is 0.224 e. The Morgan fingerprint density at radius 1 is 1.33 bits per heavy atom. The molecule has 3 nitrogen and oxygen atoms in total. The smallest absolute Gasteiger partial charge is 0.224 e. The molecule has 1 fully saturated rings. The van der Waals surface area contributed by atoms with Gasteiger partial charge >= 0.3 is 0 Å². The second kappa shape index (κ2) is 8.40.